The van der Waals surface area contributed by atoms with E-state index >= 15 is 0 Å². The van der Waals surface area contributed by atoms with Crippen LogP contribution in [0.2, 0.25) is 0 Å². The van der Waals surface area contributed by atoms with Crippen molar-refractivity contribution in [3.63, 3.8) is 0 Å². The molecular weight excluding hydrogens is 492 g/mol. The van der Waals surface area contributed by atoms with Crippen LogP contribution in [0, 0.1) is 0 Å². The van der Waals surface area contributed by atoms with E-state index in [-0.39, 0.29) is 5.91 Å². The Morgan fingerprint density at radius 3 is 2.64 bits per heavy atom. The number of nitrogens with one attached hydrogen (secondary N) is 1. The number of amides is 1. The number of methoxy groups -OCH3 is 1. The Bertz CT molecular complexity index is 1560. The van der Waals surface area contributed by atoms with Crippen molar-refractivity contribution in [2.45, 2.75) is 19.3 Å². The van der Waals surface area contributed by atoms with Gasteiger partial charge in [-0.05, 0) is 61.0 Å². The van der Waals surface area contributed by atoms with Crippen LogP contribution >= 0.6 is 22.7 Å². The number of piperidine rings is 1. The van der Waals surface area contributed by atoms with Crippen molar-refractivity contribution in [2.75, 3.05) is 38.7 Å². The highest BCUT2D eigenvalue weighted by molar-refractivity contribution is 7.25. The van der Waals surface area contributed by atoms with E-state index in [1.54, 1.807) is 7.11 Å². The molecule has 36 heavy (non-hydrogen) atoms. The summed E-state index contributed by atoms with van der Waals surface area (Å²) in [6.07, 6.45) is 3.79. The van der Waals surface area contributed by atoms with E-state index in [1.807, 2.05) is 48.5 Å². The summed E-state index contributed by atoms with van der Waals surface area (Å²) in [6, 6.07) is 15.8. The minimum Gasteiger partial charge on any atom is -0.491 e. The number of nitrogens with zero attached hydrogens (tertiary/aromatic N) is 3. The lowest BCUT2D eigenvalue weighted by molar-refractivity contribution is 0.102. The molecule has 5 aromatic rings. The number of benzene rings is 3. The molecule has 1 N–H and O–H groups in total. The Morgan fingerprint density at radius 2 is 1.83 bits per heavy atom. The van der Waals surface area contributed by atoms with Crippen molar-refractivity contribution < 1.29 is 14.3 Å². The van der Waals surface area contributed by atoms with Gasteiger partial charge >= 0.3 is 0 Å². The summed E-state index contributed by atoms with van der Waals surface area (Å²) >= 11 is 2.91. The summed E-state index contributed by atoms with van der Waals surface area (Å²) < 4.78 is 13.5. The topological polar surface area (TPSA) is 76.6 Å². The van der Waals surface area contributed by atoms with Gasteiger partial charge in [-0.3, -0.25) is 15.0 Å². The van der Waals surface area contributed by atoms with Gasteiger partial charge in [-0.2, -0.15) is 0 Å². The highest BCUT2D eigenvalue weighted by Crippen LogP contribution is 2.37. The number of ether oxygens (including phenoxy) is 2. The Labute approximate surface area is 216 Å². The number of hydrogen-bond donors (Lipinski definition) is 1. The summed E-state index contributed by atoms with van der Waals surface area (Å²) in [5.41, 5.74) is 2.15. The normalized spacial score (nSPS) is 14.5. The minimum atomic E-state index is -0.236. The van der Waals surface area contributed by atoms with Crippen LogP contribution < -0.4 is 14.8 Å². The molecule has 1 fully saturated rings. The van der Waals surface area contributed by atoms with Crippen LogP contribution in [0.25, 0.3) is 31.2 Å². The van der Waals surface area contributed by atoms with E-state index in [4.69, 9.17) is 9.47 Å². The lowest BCUT2D eigenvalue weighted by atomic mass is 10.1. The zero-order chi connectivity index (χ0) is 24.5. The summed E-state index contributed by atoms with van der Waals surface area (Å²) in [5.74, 6) is 0.357. The average molecular weight is 519 g/mol. The molecule has 184 valence electrons. The SMILES string of the molecule is COc1nc2c(ccc3nc(NC(=O)c4cc5ccccc5cc4OCCN4CCCCC4)sc32)s1. The van der Waals surface area contributed by atoms with E-state index in [0.29, 0.717) is 28.2 Å². The van der Waals surface area contributed by atoms with Crippen LogP contribution in [0.5, 0.6) is 10.9 Å². The first kappa shape index (κ1) is 23.1. The monoisotopic (exact) mass is 518 g/mol. The minimum absolute atomic E-state index is 0.236. The van der Waals surface area contributed by atoms with E-state index < -0.39 is 0 Å². The van der Waals surface area contributed by atoms with Crippen LogP contribution in [0.1, 0.15) is 29.6 Å². The molecule has 0 bridgehead atoms. The van der Waals surface area contributed by atoms with Gasteiger partial charge in [0.15, 0.2) is 5.13 Å². The fraction of sp³-hybridized carbons (Fsp3) is 0.296. The van der Waals surface area contributed by atoms with Crippen LogP contribution in [0.3, 0.4) is 0 Å². The molecule has 2 aromatic heterocycles. The van der Waals surface area contributed by atoms with Gasteiger partial charge < -0.3 is 9.47 Å². The zero-order valence-electron chi connectivity index (χ0n) is 20.0. The first-order valence-electron chi connectivity index (χ1n) is 12.1. The summed E-state index contributed by atoms with van der Waals surface area (Å²) in [6.45, 7) is 3.64. The smallest absolute Gasteiger partial charge is 0.274 e. The van der Waals surface area contributed by atoms with Gasteiger partial charge in [-0.15, -0.1) is 0 Å². The summed E-state index contributed by atoms with van der Waals surface area (Å²) in [5, 5.41) is 6.18. The predicted molar refractivity (Wildman–Crippen MR) is 147 cm³/mol. The van der Waals surface area contributed by atoms with Gasteiger partial charge in [0.25, 0.3) is 11.1 Å². The maximum Gasteiger partial charge on any atom is 0.274 e. The van der Waals surface area contributed by atoms with Gasteiger partial charge in [0.05, 0.1) is 27.6 Å². The Morgan fingerprint density at radius 1 is 1.03 bits per heavy atom. The Hall–Kier alpha value is -3.27. The molecule has 6 rings (SSSR count). The molecule has 1 aliphatic rings. The van der Waals surface area contributed by atoms with Crippen molar-refractivity contribution in [2.24, 2.45) is 0 Å². The molecule has 0 saturated carbocycles. The van der Waals surface area contributed by atoms with E-state index in [2.05, 4.69) is 20.2 Å². The summed E-state index contributed by atoms with van der Waals surface area (Å²) in [7, 11) is 1.61. The number of rotatable bonds is 7. The first-order chi connectivity index (χ1) is 17.7. The molecule has 0 radical (unpaired) electrons. The van der Waals surface area contributed by atoms with Crippen LogP contribution in [-0.2, 0) is 0 Å². The third kappa shape index (κ3) is 4.61. The summed E-state index contributed by atoms with van der Waals surface area (Å²) in [4.78, 5) is 25.1. The van der Waals surface area contributed by atoms with Gasteiger partial charge in [-0.1, -0.05) is 53.4 Å². The number of thiazole rings is 2. The van der Waals surface area contributed by atoms with Gasteiger partial charge in [-0.25, -0.2) is 9.97 Å². The predicted octanol–water partition coefficient (Wildman–Crippen LogP) is 6.18. The van der Waals surface area contributed by atoms with Crippen molar-refractivity contribution >= 4 is 64.9 Å². The Balaban J connectivity index is 1.27. The zero-order valence-corrected chi connectivity index (χ0v) is 21.6. The molecule has 1 saturated heterocycles. The molecule has 7 nitrogen and oxygen atoms in total. The molecule has 3 heterocycles. The number of carbonyl (C=O) groups excluding carboxylic acids is 1. The van der Waals surface area contributed by atoms with Crippen molar-refractivity contribution in [1.82, 2.24) is 14.9 Å². The number of hydrogen-bond acceptors (Lipinski definition) is 8. The van der Waals surface area contributed by atoms with Gasteiger partial charge in [0.2, 0.25) is 0 Å². The third-order valence-electron chi connectivity index (χ3n) is 6.50. The second-order valence-corrected chi connectivity index (χ2v) is 10.9. The lowest BCUT2D eigenvalue weighted by Gasteiger charge is -2.26. The molecule has 1 amide bonds. The number of aromatic nitrogens is 2. The fourth-order valence-electron chi connectivity index (χ4n) is 4.65. The number of fused-ring (bicyclic) bond motifs is 4. The second kappa shape index (κ2) is 10.0. The number of likely N-dealkylation sites (tertiary alicyclic amines) is 1. The van der Waals surface area contributed by atoms with Gasteiger partial charge in [0, 0.05) is 6.54 Å². The van der Waals surface area contributed by atoms with Crippen molar-refractivity contribution in [3.8, 4) is 10.9 Å². The van der Waals surface area contributed by atoms with E-state index in [9.17, 15) is 4.79 Å². The maximum absolute atomic E-state index is 13.5. The van der Waals surface area contributed by atoms with Crippen molar-refractivity contribution in [1.29, 1.82) is 0 Å². The fourth-order valence-corrected chi connectivity index (χ4v) is 6.45. The highest BCUT2D eigenvalue weighted by Gasteiger charge is 2.19. The largest absolute Gasteiger partial charge is 0.491 e. The molecule has 1 aliphatic heterocycles. The molecule has 0 atom stereocenters. The molecule has 0 spiro atoms. The van der Waals surface area contributed by atoms with Crippen LogP contribution in [0.15, 0.2) is 48.5 Å². The first-order valence-corrected chi connectivity index (χ1v) is 13.7. The molecule has 3 aromatic carbocycles. The highest BCUT2D eigenvalue weighted by atomic mass is 32.1. The van der Waals surface area contributed by atoms with E-state index in [1.165, 1.54) is 41.9 Å². The molecular formula is C27H26N4O3S2. The molecule has 0 aliphatic carbocycles. The molecule has 9 heteroatoms. The average Bonchev–Trinajstić information content (AvgIpc) is 3.52. The van der Waals surface area contributed by atoms with E-state index in [0.717, 1.165) is 50.8 Å². The van der Waals surface area contributed by atoms with Crippen LogP contribution in [0.4, 0.5) is 5.13 Å². The second-order valence-electron chi connectivity index (χ2n) is 8.86. The molecule has 0 unspecified atom stereocenters. The maximum atomic E-state index is 13.5. The number of anilines is 1. The number of carbonyl (C=O) groups is 1. The van der Waals surface area contributed by atoms with Crippen LogP contribution in [-0.4, -0.2) is 54.1 Å². The lowest BCUT2D eigenvalue weighted by Crippen LogP contribution is -2.33. The quantitative estimate of drug-likeness (QED) is 0.277. The van der Waals surface area contributed by atoms with Gasteiger partial charge in [0.1, 0.15) is 17.9 Å². The third-order valence-corrected chi connectivity index (χ3v) is 8.47. The Kier molecular flexibility index (Phi) is 6.43. The standard InChI is InChI=1S/C27H26N4O3S2/c1-33-27-29-23-22(35-27)10-9-20-24(23)36-26(28-20)30-25(32)19-15-17-7-3-4-8-18(17)16-21(19)34-14-13-31-11-5-2-6-12-31/h3-4,7-10,15-16H,2,5-6,11-14H2,1H3,(H,28,30,32). The van der Waals surface area contributed by atoms with Crippen molar-refractivity contribution in [3.05, 3.63) is 54.1 Å².